The minimum Gasteiger partial charge on any atom is -0.478 e. The zero-order valence-electron chi connectivity index (χ0n) is 23.2. The molecule has 0 spiro atoms. The van der Waals surface area contributed by atoms with Crippen LogP contribution in [0.4, 0.5) is 0 Å². The SMILES string of the molecule is CC(C)(C)C1=N[C@@H](c2ccc3ccccc3c2-c2c([C@H]3COC(C(C)(C)C)=N3)ccc3ccccc23)CO1. The summed E-state index contributed by atoms with van der Waals surface area (Å²) in [5.41, 5.74) is 4.58. The Kier molecular flexibility index (Phi) is 5.82. The molecular formula is C34H36N2O2. The molecule has 0 aromatic heterocycles. The van der Waals surface area contributed by atoms with Gasteiger partial charge in [0.05, 0.1) is 0 Å². The third kappa shape index (κ3) is 4.26. The summed E-state index contributed by atoms with van der Waals surface area (Å²) < 4.78 is 12.3. The van der Waals surface area contributed by atoms with Gasteiger partial charge in [-0.05, 0) is 43.8 Å². The molecular weight excluding hydrogens is 468 g/mol. The summed E-state index contributed by atoms with van der Waals surface area (Å²) in [5, 5.41) is 4.87. The number of fused-ring (bicyclic) bond motifs is 2. The van der Waals surface area contributed by atoms with E-state index in [9.17, 15) is 0 Å². The van der Waals surface area contributed by atoms with Gasteiger partial charge < -0.3 is 9.47 Å². The van der Waals surface area contributed by atoms with Crippen LogP contribution in [0.3, 0.4) is 0 Å². The van der Waals surface area contributed by atoms with Gasteiger partial charge in [-0.25, -0.2) is 9.98 Å². The molecule has 4 nitrogen and oxygen atoms in total. The molecule has 0 unspecified atom stereocenters. The molecule has 0 saturated heterocycles. The largest absolute Gasteiger partial charge is 0.478 e. The molecule has 38 heavy (non-hydrogen) atoms. The first-order valence-electron chi connectivity index (χ1n) is 13.6. The van der Waals surface area contributed by atoms with Gasteiger partial charge in [0.25, 0.3) is 0 Å². The topological polar surface area (TPSA) is 43.2 Å². The van der Waals surface area contributed by atoms with E-state index in [1.54, 1.807) is 0 Å². The number of nitrogens with zero attached hydrogens (tertiary/aromatic N) is 2. The molecule has 0 aliphatic carbocycles. The average Bonchev–Trinajstić information content (AvgIpc) is 3.58. The Morgan fingerprint density at radius 1 is 0.553 bits per heavy atom. The second-order valence-corrected chi connectivity index (χ2v) is 12.5. The van der Waals surface area contributed by atoms with Crippen molar-refractivity contribution in [2.45, 2.75) is 53.6 Å². The van der Waals surface area contributed by atoms with Gasteiger partial charge in [0.15, 0.2) is 11.8 Å². The molecule has 194 valence electrons. The van der Waals surface area contributed by atoms with E-state index < -0.39 is 0 Å². The Morgan fingerprint density at radius 3 is 1.32 bits per heavy atom. The minimum absolute atomic E-state index is 0.0656. The quantitative estimate of drug-likeness (QED) is 0.280. The first-order chi connectivity index (χ1) is 18.1. The van der Waals surface area contributed by atoms with Crippen LogP contribution in [0.25, 0.3) is 32.7 Å². The lowest BCUT2D eigenvalue weighted by atomic mass is 9.83. The maximum absolute atomic E-state index is 6.16. The standard InChI is InChI=1S/C34H36N2O2/c1-33(2,3)31-35-27(19-37-31)25-17-15-21-11-7-9-13-23(21)29(25)30-24-14-10-8-12-22(24)16-18-26(30)28-20-38-32(36-28)34(4,5)6/h7-18,27-28H,19-20H2,1-6H3/t27-,28-/m1/s1. The number of ether oxygens (including phenoxy) is 2. The van der Waals surface area contributed by atoms with Crippen molar-refractivity contribution in [2.24, 2.45) is 20.8 Å². The molecule has 2 heterocycles. The predicted molar refractivity (Wildman–Crippen MR) is 158 cm³/mol. The summed E-state index contributed by atoms with van der Waals surface area (Å²) in [5.74, 6) is 1.65. The molecule has 2 aliphatic rings. The van der Waals surface area contributed by atoms with Crippen LogP contribution in [-0.4, -0.2) is 25.0 Å². The molecule has 4 heteroatoms. The van der Waals surface area contributed by atoms with E-state index in [1.165, 1.54) is 43.8 Å². The molecule has 0 fully saturated rings. The number of aliphatic imine (C=N–C) groups is 2. The predicted octanol–water partition coefficient (Wildman–Crippen LogP) is 8.69. The second-order valence-electron chi connectivity index (χ2n) is 12.5. The Labute approximate surface area is 225 Å². The summed E-state index contributed by atoms with van der Waals surface area (Å²) in [4.78, 5) is 10.2. The molecule has 0 N–H and O–H groups in total. The Morgan fingerprint density at radius 2 is 0.947 bits per heavy atom. The van der Waals surface area contributed by atoms with Crippen LogP contribution in [0.2, 0.25) is 0 Å². The maximum atomic E-state index is 6.16. The van der Waals surface area contributed by atoms with Crippen LogP contribution in [-0.2, 0) is 9.47 Å². The first-order valence-corrected chi connectivity index (χ1v) is 13.6. The lowest BCUT2D eigenvalue weighted by Crippen LogP contribution is -2.20. The Hall–Kier alpha value is -3.66. The highest BCUT2D eigenvalue weighted by Gasteiger charge is 2.34. The first kappa shape index (κ1) is 24.7. The van der Waals surface area contributed by atoms with Crippen LogP contribution in [0, 0.1) is 10.8 Å². The third-order valence-electron chi connectivity index (χ3n) is 7.48. The third-order valence-corrected chi connectivity index (χ3v) is 7.48. The molecule has 0 amide bonds. The van der Waals surface area contributed by atoms with Crippen LogP contribution >= 0.6 is 0 Å². The van der Waals surface area contributed by atoms with E-state index in [2.05, 4.69) is 114 Å². The van der Waals surface area contributed by atoms with E-state index >= 15 is 0 Å². The fraction of sp³-hybridized carbons (Fsp3) is 0.353. The monoisotopic (exact) mass is 504 g/mol. The Bertz CT molecular complexity index is 1480. The molecule has 0 radical (unpaired) electrons. The van der Waals surface area contributed by atoms with Gasteiger partial charge in [-0.3, -0.25) is 0 Å². The van der Waals surface area contributed by atoms with E-state index in [0.717, 1.165) is 11.8 Å². The average molecular weight is 505 g/mol. The van der Waals surface area contributed by atoms with Gasteiger partial charge >= 0.3 is 0 Å². The van der Waals surface area contributed by atoms with Crippen molar-refractivity contribution in [3.8, 4) is 11.1 Å². The van der Waals surface area contributed by atoms with Crippen molar-refractivity contribution in [2.75, 3.05) is 13.2 Å². The highest BCUT2D eigenvalue weighted by atomic mass is 16.5. The van der Waals surface area contributed by atoms with Gasteiger partial charge in [0, 0.05) is 10.8 Å². The van der Waals surface area contributed by atoms with Gasteiger partial charge in [-0.15, -0.1) is 0 Å². The van der Waals surface area contributed by atoms with Gasteiger partial charge in [0.1, 0.15) is 25.3 Å². The van der Waals surface area contributed by atoms with Gasteiger partial charge in [-0.1, -0.05) is 114 Å². The lowest BCUT2D eigenvalue weighted by molar-refractivity contribution is 0.283. The summed E-state index contributed by atoms with van der Waals surface area (Å²) in [6.45, 7) is 14.0. The number of benzene rings is 4. The highest BCUT2D eigenvalue weighted by Crippen LogP contribution is 2.46. The zero-order valence-corrected chi connectivity index (χ0v) is 23.2. The lowest BCUT2D eigenvalue weighted by Gasteiger charge is -2.22. The van der Waals surface area contributed by atoms with Crippen LogP contribution in [0.5, 0.6) is 0 Å². The van der Waals surface area contributed by atoms with Crippen molar-refractivity contribution in [1.82, 2.24) is 0 Å². The van der Waals surface area contributed by atoms with Gasteiger partial charge in [0.2, 0.25) is 0 Å². The fourth-order valence-corrected chi connectivity index (χ4v) is 5.58. The van der Waals surface area contributed by atoms with Crippen molar-refractivity contribution in [1.29, 1.82) is 0 Å². The number of hydrogen-bond acceptors (Lipinski definition) is 4. The van der Waals surface area contributed by atoms with Crippen LogP contribution in [0.15, 0.2) is 82.8 Å². The van der Waals surface area contributed by atoms with Crippen molar-refractivity contribution >= 4 is 33.3 Å². The maximum Gasteiger partial charge on any atom is 0.189 e. The minimum atomic E-state index is -0.129. The number of rotatable bonds is 3. The summed E-state index contributed by atoms with van der Waals surface area (Å²) in [6, 6.07) is 26.1. The van der Waals surface area contributed by atoms with E-state index in [1.807, 2.05) is 0 Å². The van der Waals surface area contributed by atoms with Crippen LogP contribution in [0.1, 0.15) is 64.8 Å². The van der Waals surface area contributed by atoms with Crippen LogP contribution < -0.4 is 0 Å². The fourth-order valence-electron chi connectivity index (χ4n) is 5.58. The molecule has 0 bridgehead atoms. The summed E-state index contributed by atoms with van der Waals surface area (Å²) in [6.07, 6.45) is 0. The molecule has 6 rings (SSSR count). The van der Waals surface area contributed by atoms with Crippen molar-refractivity contribution in [3.05, 3.63) is 83.9 Å². The molecule has 4 aromatic carbocycles. The van der Waals surface area contributed by atoms with Gasteiger partial charge in [-0.2, -0.15) is 0 Å². The summed E-state index contributed by atoms with van der Waals surface area (Å²) in [7, 11) is 0. The number of hydrogen-bond donors (Lipinski definition) is 0. The molecule has 2 aliphatic heterocycles. The van der Waals surface area contributed by atoms with E-state index in [4.69, 9.17) is 19.5 Å². The van der Waals surface area contributed by atoms with Crippen molar-refractivity contribution < 1.29 is 9.47 Å². The normalized spacial score (nSPS) is 19.8. The molecule has 4 aromatic rings. The van der Waals surface area contributed by atoms with Crippen molar-refractivity contribution in [3.63, 3.8) is 0 Å². The molecule has 0 saturated carbocycles. The van der Waals surface area contributed by atoms with E-state index in [0.29, 0.717) is 13.2 Å². The smallest absolute Gasteiger partial charge is 0.189 e. The second kappa shape index (κ2) is 8.97. The zero-order chi connectivity index (χ0) is 26.7. The Balaban J connectivity index is 1.65. The van der Waals surface area contributed by atoms with E-state index in [-0.39, 0.29) is 22.9 Å². The molecule has 2 atom stereocenters. The highest BCUT2D eigenvalue weighted by molar-refractivity contribution is 6.08. The summed E-state index contributed by atoms with van der Waals surface area (Å²) >= 11 is 0.